The summed E-state index contributed by atoms with van der Waals surface area (Å²) in [5, 5.41) is 1.14. The highest BCUT2D eigenvalue weighted by atomic mass is 32.2. The molecule has 3 rings (SSSR count). The van der Waals surface area contributed by atoms with E-state index in [0.717, 1.165) is 54.9 Å². The lowest BCUT2D eigenvalue weighted by molar-refractivity contribution is -0.140. The van der Waals surface area contributed by atoms with Gasteiger partial charge in [0.15, 0.2) is 0 Å². The lowest BCUT2D eigenvalue weighted by atomic mass is 9.98. The fourth-order valence-corrected chi connectivity index (χ4v) is 4.70. The maximum absolute atomic E-state index is 12.3. The van der Waals surface area contributed by atoms with Crippen molar-refractivity contribution in [3.63, 3.8) is 0 Å². The van der Waals surface area contributed by atoms with Crippen molar-refractivity contribution < 1.29 is 4.79 Å². The van der Waals surface area contributed by atoms with Crippen LogP contribution in [0.2, 0.25) is 0 Å². The summed E-state index contributed by atoms with van der Waals surface area (Å²) in [6, 6.07) is 0. The molecule has 1 aromatic heterocycles. The highest BCUT2D eigenvalue weighted by Gasteiger charge is 2.35. The number of thioether (sulfide) groups is 1. The van der Waals surface area contributed by atoms with E-state index in [1.165, 1.54) is 4.88 Å². The minimum absolute atomic E-state index is 0.229. The Hall–Kier alpha value is -0.590. The Morgan fingerprint density at radius 1 is 1.30 bits per heavy atom. The molecule has 0 aromatic carbocycles. The zero-order valence-electron chi connectivity index (χ0n) is 12.1. The number of nitrogens with zero attached hydrogens (tertiary/aromatic N) is 3. The Morgan fingerprint density at radius 2 is 2.00 bits per heavy atom. The first kappa shape index (κ1) is 14.4. The van der Waals surface area contributed by atoms with Crippen LogP contribution in [0.15, 0.2) is 0 Å². The molecule has 0 spiro atoms. The first-order chi connectivity index (χ1) is 9.63. The summed E-state index contributed by atoms with van der Waals surface area (Å²) in [7, 11) is 0. The van der Waals surface area contributed by atoms with Gasteiger partial charge in [0.2, 0.25) is 5.91 Å². The normalized spacial score (nSPS) is 21.0. The van der Waals surface area contributed by atoms with E-state index >= 15 is 0 Å². The second-order valence-corrected chi connectivity index (χ2v) is 8.08. The Balaban J connectivity index is 1.48. The number of hydrogen-bond donors (Lipinski definition) is 0. The van der Waals surface area contributed by atoms with Gasteiger partial charge >= 0.3 is 0 Å². The predicted octanol–water partition coefficient (Wildman–Crippen LogP) is 1.77. The molecule has 110 valence electrons. The molecule has 6 heteroatoms. The fraction of sp³-hybridized carbons (Fsp3) is 0.714. The van der Waals surface area contributed by atoms with Gasteiger partial charge in [0, 0.05) is 49.1 Å². The van der Waals surface area contributed by atoms with Gasteiger partial charge in [-0.15, -0.1) is 11.3 Å². The van der Waals surface area contributed by atoms with Crippen LogP contribution in [-0.4, -0.2) is 58.4 Å². The number of thiazole rings is 1. The SMILES string of the molecule is Cc1nc(C)c(CN2CC(C(=O)N3CCSCC3)C2)s1. The summed E-state index contributed by atoms with van der Waals surface area (Å²) < 4.78 is 0. The summed E-state index contributed by atoms with van der Waals surface area (Å²) in [5.41, 5.74) is 1.15. The molecule has 20 heavy (non-hydrogen) atoms. The number of carbonyl (C=O) groups is 1. The fourth-order valence-electron chi connectivity index (χ4n) is 2.82. The van der Waals surface area contributed by atoms with Crippen LogP contribution in [0.3, 0.4) is 0 Å². The molecule has 0 unspecified atom stereocenters. The highest BCUT2D eigenvalue weighted by Crippen LogP contribution is 2.25. The molecule has 2 saturated heterocycles. The molecule has 0 atom stereocenters. The lowest BCUT2D eigenvalue weighted by Gasteiger charge is -2.41. The van der Waals surface area contributed by atoms with Gasteiger partial charge < -0.3 is 4.90 Å². The molecule has 4 nitrogen and oxygen atoms in total. The largest absolute Gasteiger partial charge is 0.341 e. The van der Waals surface area contributed by atoms with Gasteiger partial charge in [0.1, 0.15) is 0 Å². The molecular formula is C14H21N3OS2. The average Bonchev–Trinajstić information content (AvgIpc) is 2.72. The van der Waals surface area contributed by atoms with E-state index in [1.54, 1.807) is 11.3 Å². The second-order valence-electron chi connectivity index (χ2n) is 5.57. The zero-order valence-corrected chi connectivity index (χ0v) is 13.7. The molecule has 0 saturated carbocycles. The minimum atomic E-state index is 0.229. The van der Waals surface area contributed by atoms with E-state index < -0.39 is 0 Å². The number of carbonyl (C=O) groups excluding carboxylic acids is 1. The molecule has 1 amide bonds. The zero-order chi connectivity index (χ0) is 14.1. The Kier molecular flexibility index (Phi) is 4.33. The molecule has 0 bridgehead atoms. The van der Waals surface area contributed by atoms with Crippen molar-refractivity contribution in [3.8, 4) is 0 Å². The van der Waals surface area contributed by atoms with E-state index in [9.17, 15) is 4.79 Å². The van der Waals surface area contributed by atoms with Gasteiger partial charge in [-0.3, -0.25) is 9.69 Å². The second kappa shape index (κ2) is 6.03. The number of aromatic nitrogens is 1. The van der Waals surface area contributed by atoms with Crippen molar-refractivity contribution in [2.24, 2.45) is 5.92 Å². The number of rotatable bonds is 3. The summed E-state index contributed by atoms with van der Waals surface area (Å²) in [6.07, 6.45) is 0. The monoisotopic (exact) mass is 311 g/mol. The molecule has 2 aliphatic heterocycles. The number of hydrogen-bond acceptors (Lipinski definition) is 5. The van der Waals surface area contributed by atoms with Crippen molar-refractivity contribution in [2.75, 3.05) is 37.7 Å². The summed E-state index contributed by atoms with van der Waals surface area (Å²) in [6.45, 7) is 8.79. The average molecular weight is 311 g/mol. The topological polar surface area (TPSA) is 36.4 Å². The van der Waals surface area contributed by atoms with Crippen LogP contribution in [0.5, 0.6) is 0 Å². The van der Waals surface area contributed by atoms with Crippen LogP contribution < -0.4 is 0 Å². The third-order valence-corrected chi connectivity index (χ3v) is 6.00. The van der Waals surface area contributed by atoms with Crippen LogP contribution in [-0.2, 0) is 11.3 Å². The molecule has 0 N–H and O–H groups in total. The van der Waals surface area contributed by atoms with Gasteiger partial charge in [-0.1, -0.05) is 0 Å². The molecule has 0 aliphatic carbocycles. The summed E-state index contributed by atoms with van der Waals surface area (Å²) >= 11 is 3.73. The van der Waals surface area contributed by atoms with Crippen LogP contribution in [0.1, 0.15) is 15.6 Å². The van der Waals surface area contributed by atoms with Gasteiger partial charge in [-0.25, -0.2) is 4.98 Å². The number of aryl methyl sites for hydroxylation is 2. The predicted molar refractivity (Wildman–Crippen MR) is 84.3 cm³/mol. The van der Waals surface area contributed by atoms with E-state index in [4.69, 9.17) is 0 Å². The quantitative estimate of drug-likeness (QED) is 0.852. The molecule has 3 heterocycles. The molecule has 2 fully saturated rings. The van der Waals surface area contributed by atoms with Gasteiger partial charge in [0.05, 0.1) is 16.6 Å². The van der Waals surface area contributed by atoms with Crippen LogP contribution in [0.4, 0.5) is 0 Å². The third kappa shape index (κ3) is 3.02. The van der Waals surface area contributed by atoms with Crippen molar-refractivity contribution >= 4 is 29.0 Å². The standard InChI is InChI=1S/C14H21N3OS2/c1-10-13(20-11(2)15-10)9-16-7-12(8-16)14(18)17-3-5-19-6-4-17/h12H,3-9H2,1-2H3. The summed E-state index contributed by atoms with van der Waals surface area (Å²) in [5.74, 6) is 2.80. The smallest absolute Gasteiger partial charge is 0.228 e. The van der Waals surface area contributed by atoms with Crippen molar-refractivity contribution in [1.29, 1.82) is 0 Å². The van der Waals surface area contributed by atoms with E-state index in [0.29, 0.717) is 5.91 Å². The molecule has 2 aliphatic rings. The van der Waals surface area contributed by atoms with Gasteiger partial charge in [-0.2, -0.15) is 11.8 Å². The maximum Gasteiger partial charge on any atom is 0.228 e. The van der Waals surface area contributed by atoms with Crippen molar-refractivity contribution in [2.45, 2.75) is 20.4 Å². The summed E-state index contributed by atoms with van der Waals surface area (Å²) in [4.78, 5) is 22.6. The third-order valence-electron chi connectivity index (χ3n) is 4.00. The Morgan fingerprint density at radius 3 is 2.60 bits per heavy atom. The molecule has 1 aromatic rings. The minimum Gasteiger partial charge on any atom is -0.341 e. The van der Waals surface area contributed by atoms with E-state index in [2.05, 4.69) is 28.6 Å². The lowest BCUT2D eigenvalue weighted by Crippen LogP contribution is -2.55. The van der Waals surface area contributed by atoms with E-state index in [1.807, 2.05) is 11.8 Å². The van der Waals surface area contributed by atoms with Crippen molar-refractivity contribution in [1.82, 2.24) is 14.8 Å². The van der Waals surface area contributed by atoms with Crippen molar-refractivity contribution in [3.05, 3.63) is 15.6 Å². The highest BCUT2D eigenvalue weighted by molar-refractivity contribution is 7.99. The van der Waals surface area contributed by atoms with Crippen LogP contribution >= 0.6 is 23.1 Å². The number of amides is 1. The van der Waals surface area contributed by atoms with Crippen LogP contribution in [0.25, 0.3) is 0 Å². The molecular weight excluding hydrogens is 290 g/mol. The van der Waals surface area contributed by atoms with Gasteiger partial charge in [0.25, 0.3) is 0 Å². The first-order valence-electron chi connectivity index (χ1n) is 7.15. The Bertz CT molecular complexity index is 491. The first-order valence-corrected chi connectivity index (χ1v) is 9.12. The maximum atomic E-state index is 12.3. The number of likely N-dealkylation sites (tertiary alicyclic amines) is 1. The Labute approximate surface area is 128 Å². The molecule has 0 radical (unpaired) electrons. The van der Waals surface area contributed by atoms with E-state index in [-0.39, 0.29) is 5.92 Å². The van der Waals surface area contributed by atoms with Gasteiger partial charge in [-0.05, 0) is 13.8 Å². The van der Waals surface area contributed by atoms with Crippen LogP contribution in [0, 0.1) is 19.8 Å².